The lowest BCUT2D eigenvalue weighted by Gasteiger charge is -2.71. The summed E-state index contributed by atoms with van der Waals surface area (Å²) < 4.78 is 11.3. The standard InChI is InChI=1S/C33H48O8/c1-17-15-25(40-19(3)34)33(28(37)38)14-13-30(6)22(27(33)32(17,8)39)9-10-24-29(5)16-23(36)26(41-20(4)35)18(2)21(29)11-12-31(24,30)7/h9,17-18,21,24-27,39H,10-16H2,1-8H3,(H,37,38)/t17-,18+,21+,24-,25+,26-,27-,29+,30-,31-,32-,33-/m1/s1. The highest BCUT2D eigenvalue weighted by atomic mass is 16.6. The Morgan fingerprint density at radius 2 is 1.61 bits per heavy atom. The van der Waals surface area contributed by atoms with Crippen LogP contribution in [0.4, 0.5) is 0 Å². The number of carboxylic acid groups (broad SMARTS) is 1. The van der Waals surface area contributed by atoms with Crippen LogP contribution in [-0.4, -0.2) is 51.7 Å². The predicted octanol–water partition coefficient (Wildman–Crippen LogP) is 5.11. The van der Waals surface area contributed by atoms with Crippen molar-refractivity contribution in [2.24, 2.45) is 51.2 Å². The van der Waals surface area contributed by atoms with E-state index in [2.05, 4.69) is 26.8 Å². The van der Waals surface area contributed by atoms with Gasteiger partial charge in [-0.25, -0.2) is 0 Å². The van der Waals surface area contributed by atoms with Gasteiger partial charge in [-0.1, -0.05) is 46.3 Å². The number of carbonyl (C=O) groups excluding carboxylic acids is 3. The highest BCUT2D eigenvalue weighted by Gasteiger charge is 2.73. The second-order valence-corrected chi connectivity index (χ2v) is 15.1. The maximum Gasteiger partial charge on any atom is 0.314 e. The summed E-state index contributed by atoms with van der Waals surface area (Å²) in [6.07, 6.45) is 4.66. The third-order valence-electron chi connectivity index (χ3n) is 13.4. The number of aliphatic hydroxyl groups is 1. The first-order valence-corrected chi connectivity index (χ1v) is 15.4. The van der Waals surface area contributed by atoms with Gasteiger partial charge < -0.3 is 19.7 Å². The molecule has 0 amide bonds. The molecule has 0 aromatic heterocycles. The van der Waals surface area contributed by atoms with Gasteiger partial charge in [-0.3, -0.25) is 19.2 Å². The van der Waals surface area contributed by atoms with Crippen LogP contribution in [0.25, 0.3) is 0 Å². The van der Waals surface area contributed by atoms with Crippen LogP contribution in [0.1, 0.15) is 100 Å². The van der Waals surface area contributed by atoms with Gasteiger partial charge in [-0.05, 0) is 79.4 Å². The topological polar surface area (TPSA) is 127 Å². The second-order valence-electron chi connectivity index (χ2n) is 15.1. The predicted molar refractivity (Wildman–Crippen MR) is 150 cm³/mol. The third kappa shape index (κ3) is 3.87. The molecule has 0 spiro atoms. The molecule has 0 radical (unpaired) electrons. The summed E-state index contributed by atoms with van der Waals surface area (Å²) in [5.74, 6) is -2.65. The molecule has 4 saturated carbocycles. The maximum atomic E-state index is 13.5. The molecular formula is C33H48O8. The molecule has 5 aliphatic carbocycles. The van der Waals surface area contributed by atoms with Gasteiger partial charge >= 0.3 is 17.9 Å². The molecule has 0 aromatic carbocycles. The largest absolute Gasteiger partial charge is 0.481 e. The van der Waals surface area contributed by atoms with Crippen LogP contribution < -0.4 is 0 Å². The lowest BCUT2D eigenvalue weighted by molar-refractivity contribution is -0.232. The van der Waals surface area contributed by atoms with E-state index >= 15 is 0 Å². The first-order valence-electron chi connectivity index (χ1n) is 15.4. The van der Waals surface area contributed by atoms with Gasteiger partial charge in [0.25, 0.3) is 0 Å². The Kier molecular flexibility index (Phi) is 6.93. The summed E-state index contributed by atoms with van der Waals surface area (Å²) in [7, 11) is 0. The van der Waals surface area contributed by atoms with Crippen LogP contribution in [0.5, 0.6) is 0 Å². The van der Waals surface area contributed by atoms with E-state index in [0.29, 0.717) is 32.1 Å². The van der Waals surface area contributed by atoms with Crippen LogP contribution in [-0.2, 0) is 28.7 Å². The van der Waals surface area contributed by atoms with Crippen molar-refractivity contribution in [2.75, 3.05) is 0 Å². The van der Waals surface area contributed by atoms with Crippen molar-refractivity contribution in [1.82, 2.24) is 0 Å². The van der Waals surface area contributed by atoms with E-state index in [-0.39, 0.29) is 40.3 Å². The molecular weight excluding hydrogens is 524 g/mol. The third-order valence-corrected chi connectivity index (χ3v) is 13.4. The maximum absolute atomic E-state index is 13.5. The van der Waals surface area contributed by atoms with Crippen molar-refractivity contribution in [1.29, 1.82) is 0 Å². The molecule has 0 aromatic rings. The van der Waals surface area contributed by atoms with E-state index in [1.165, 1.54) is 13.8 Å². The van der Waals surface area contributed by atoms with E-state index in [1.807, 2.05) is 13.8 Å². The molecule has 4 fully saturated rings. The first kappa shape index (κ1) is 30.2. The van der Waals surface area contributed by atoms with Gasteiger partial charge in [-0.2, -0.15) is 0 Å². The number of aliphatic carboxylic acids is 1. The summed E-state index contributed by atoms with van der Waals surface area (Å²) in [5.41, 5.74) is -2.68. The fourth-order valence-corrected chi connectivity index (χ4v) is 11.1. The molecule has 12 atom stereocenters. The Morgan fingerprint density at radius 1 is 0.976 bits per heavy atom. The second kappa shape index (κ2) is 9.39. The van der Waals surface area contributed by atoms with Crippen molar-refractivity contribution in [3.8, 4) is 0 Å². The Hall–Kier alpha value is -2.22. The lowest BCUT2D eigenvalue weighted by Crippen LogP contribution is -2.70. The fraction of sp³-hybridized carbons (Fsp3) is 0.818. The highest BCUT2D eigenvalue weighted by Crippen LogP contribution is 2.75. The summed E-state index contributed by atoms with van der Waals surface area (Å²) in [5, 5.41) is 23.0. The Labute approximate surface area is 243 Å². The lowest BCUT2D eigenvalue weighted by atomic mass is 9.33. The number of carboxylic acids is 1. The number of hydrogen-bond acceptors (Lipinski definition) is 7. The molecule has 0 saturated heterocycles. The molecule has 0 bridgehead atoms. The monoisotopic (exact) mass is 572 g/mol. The average Bonchev–Trinajstić information content (AvgIpc) is 2.84. The van der Waals surface area contributed by atoms with Crippen LogP contribution in [0.3, 0.4) is 0 Å². The van der Waals surface area contributed by atoms with Gasteiger partial charge in [0, 0.05) is 32.1 Å². The van der Waals surface area contributed by atoms with Crippen molar-refractivity contribution in [2.45, 2.75) is 118 Å². The molecule has 228 valence electrons. The van der Waals surface area contributed by atoms with Crippen LogP contribution in [0.15, 0.2) is 11.6 Å². The van der Waals surface area contributed by atoms with Crippen molar-refractivity contribution in [3.63, 3.8) is 0 Å². The zero-order valence-corrected chi connectivity index (χ0v) is 25.9. The van der Waals surface area contributed by atoms with E-state index < -0.39 is 52.5 Å². The number of allylic oxidation sites excluding steroid dienone is 1. The van der Waals surface area contributed by atoms with Crippen LogP contribution in [0.2, 0.25) is 0 Å². The Balaban J connectivity index is 1.62. The van der Waals surface area contributed by atoms with Crippen LogP contribution >= 0.6 is 0 Å². The summed E-state index contributed by atoms with van der Waals surface area (Å²) in [4.78, 5) is 50.7. The molecule has 5 rings (SSSR count). The van der Waals surface area contributed by atoms with Gasteiger partial charge in [0.05, 0.1) is 5.60 Å². The number of carbonyl (C=O) groups is 4. The number of ketones is 1. The van der Waals surface area contributed by atoms with Gasteiger partial charge in [-0.15, -0.1) is 0 Å². The van der Waals surface area contributed by atoms with Gasteiger partial charge in [0.1, 0.15) is 11.5 Å². The summed E-state index contributed by atoms with van der Waals surface area (Å²) >= 11 is 0. The molecule has 2 N–H and O–H groups in total. The molecule has 8 nitrogen and oxygen atoms in total. The number of ether oxygens (including phenoxy) is 2. The molecule has 0 aliphatic heterocycles. The smallest absolute Gasteiger partial charge is 0.314 e. The van der Waals surface area contributed by atoms with E-state index in [0.717, 1.165) is 18.4 Å². The number of Topliss-reactive ketones (excluding diaryl/α,β-unsaturated/α-hetero) is 1. The fourth-order valence-electron chi connectivity index (χ4n) is 11.1. The number of esters is 2. The molecule has 41 heavy (non-hydrogen) atoms. The van der Waals surface area contributed by atoms with Crippen molar-refractivity contribution in [3.05, 3.63) is 11.6 Å². The highest BCUT2D eigenvalue weighted by molar-refractivity contribution is 5.87. The van der Waals surface area contributed by atoms with Crippen LogP contribution in [0, 0.1) is 51.2 Å². The summed E-state index contributed by atoms with van der Waals surface area (Å²) in [6.45, 7) is 15.2. The minimum Gasteiger partial charge on any atom is -0.481 e. The first-order chi connectivity index (χ1) is 18.9. The van der Waals surface area contributed by atoms with Gasteiger partial charge in [0.2, 0.25) is 0 Å². The molecule has 8 heteroatoms. The zero-order valence-electron chi connectivity index (χ0n) is 25.9. The normalized spacial score (nSPS) is 50.7. The number of rotatable bonds is 3. The SMILES string of the molecule is CC(=O)O[C@H]1C[C@@H](C)[C@@](C)(O)[C@H]2C3=CC[C@@H]4[C@@]5(C)CC(=O)[C@H](OC(C)=O)[C@@H](C)[C@@H]5CC[C@@]4(C)[C@]3(C)CC[C@@]12C(=O)O. The Morgan fingerprint density at radius 3 is 2.20 bits per heavy atom. The van der Waals surface area contributed by atoms with E-state index in [4.69, 9.17) is 9.47 Å². The zero-order chi connectivity index (χ0) is 30.5. The minimum absolute atomic E-state index is 0.0163. The quantitative estimate of drug-likeness (QED) is 0.353. The van der Waals surface area contributed by atoms with Crippen molar-refractivity contribution >= 4 is 23.7 Å². The van der Waals surface area contributed by atoms with Crippen molar-refractivity contribution < 1.29 is 38.9 Å². The minimum atomic E-state index is -1.41. The number of hydrogen-bond donors (Lipinski definition) is 2. The summed E-state index contributed by atoms with van der Waals surface area (Å²) in [6, 6.07) is 0. The number of fused-ring (bicyclic) bond motifs is 7. The molecule has 5 aliphatic rings. The van der Waals surface area contributed by atoms with Gasteiger partial charge in [0.15, 0.2) is 11.9 Å². The molecule has 0 heterocycles. The Bertz CT molecular complexity index is 1200. The average molecular weight is 573 g/mol. The van der Waals surface area contributed by atoms with E-state index in [1.54, 1.807) is 6.92 Å². The van der Waals surface area contributed by atoms with E-state index in [9.17, 15) is 29.4 Å². The molecule has 0 unspecified atom stereocenters.